The van der Waals surface area contributed by atoms with Gasteiger partial charge in [0.15, 0.2) is 4.77 Å². The van der Waals surface area contributed by atoms with Crippen LogP contribution in [0.25, 0.3) is 0 Å². The van der Waals surface area contributed by atoms with E-state index in [1.54, 1.807) is 10.6 Å². The smallest absolute Gasteiger partial charge is 0.414 e. The summed E-state index contributed by atoms with van der Waals surface area (Å²) in [5, 5.41) is 9.05. The summed E-state index contributed by atoms with van der Waals surface area (Å²) in [4.78, 5) is 11.7. The molecule has 0 bridgehead atoms. The molecule has 1 heterocycles. The number of hydrogen-bond donors (Lipinski definition) is 2. The number of carbonyl (C=O) groups is 1. The van der Waals surface area contributed by atoms with Crippen molar-refractivity contribution in [2.45, 2.75) is 13.2 Å². The van der Waals surface area contributed by atoms with Gasteiger partial charge in [0.2, 0.25) is 5.95 Å². The number of hydrogen-bond acceptors (Lipinski definition) is 4. The summed E-state index contributed by atoms with van der Waals surface area (Å²) < 4.78 is 7.11. The molecular formula is C13H14N4O2S. The highest BCUT2D eigenvalue weighted by Crippen LogP contribution is 2.06. The maximum absolute atomic E-state index is 11.7. The number of allylic oxidation sites excluding steroid dienone is 1. The fraction of sp³-hybridized carbons (Fsp3) is 0.154. The lowest BCUT2D eigenvalue weighted by atomic mass is 10.2. The number of nitrogens with one attached hydrogen (secondary N) is 2. The van der Waals surface area contributed by atoms with E-state index in [1.807, 2.05) is 30.3 Å². The van der Waals surface area contributed by atoms with Crippen molar-refractivity contribution >= 4 is 24.3 Å². The second kappa shape index (κ2) is 6.67. The highest BCUT2D eigenvalue weighted by Gasteiger charge is 2.10. The zero-order chi connectivity index (χ0) is 14.4. The zero-order valence-corrected chi connectivity index (χ0v) is 11.5. The Hall–Kier alpha value is -2.41. The summed E-state index contributed by atoms with van der Waals surface area (Å²) in [6, 6.07) is 9.41. The maximum Gasteiger partial charge on any atom is 0.414 e. The Morgan fingerprint density at radius 3 is 2.95 bits per heavy atom. The van der Waals surface area contributed by atoms with Gasteiger partial charge in [-0.1, -0.05) is 36.4 Å². The molecule has 20 heavy (non-hydrogen) atoms. The van der Waals surface area contributed by atoms with Gasteiger partial charge in [-0.2, -0.15) is 0 Å². The van der Waals surface area contributed by atoms with Crippen LogP contribution in [-0.2, 0) is 17.9 Å². The maximum atomic E-state index is 11.7. The van der Waals surface area contributed by atoms with Crippen LogP contribution < -0.4 is 5.32 Å². The Bertz CT molecular complexity index is 648. The first-order chi connectivity index (χ1) is 9.70. The molecule has 2 N–H and O–H groups in total. The van der Waals surface area contributed by atoms with E-state index in [-0.39, 0.29) is 6.61 Å². The van der Waals surface area contributed by atoms with Gasteiger partial charge in [0.05, 0.1) is 0 Å². The Morgan fingerprint density at radius 1 is 1.50 bits per heavy atom. The van der Waals surface area contributed by atoms with E-state index >= 15 is 0 Å². The van der Waals surface area contributed by atoms with Crippen molar-refractivity contribution < 1.29 is 9.53 Å². The van der Waals surface area contributed by atoms with Gasteiger partial charge in [-0.15, -0.1) is 11.7 Å². The third kappa shape index (κ3) is 3.55. The average molecular weight is 290 g/mol. The minimum absolute atomic E-state index is 0.194. The molecule has 0 aliphatic heterocycles. The fourth-order valence-electron chi connectivity index (χ4n) is 1.56. The van der Waals surface area contributed by atoms with E-state index in [0.29, 0.717) is 17.3 Å². The second-order valence-corrected chi connectivity index (χ2v) is 4.33. The second-order valence-electron chi connectivity index (χ2n) is 3.94. The van der Waals surface area contributed by atoms with Crippen LogP contribution in [0.4, 0.5) is 10.7 Å². The summed E-state index contributed by atoms with van der Waals surface area (Å²) in [6.45, 7) is 4.26. The molecule has 0 unspecified atom stereocenters. The normalized spacial score (nSPS) is 10.0. The van der Waals surface area contributed by atoms with E-state index in [0.717, 1.165) is 5.56 Å². The first kappa shape index (κ1) is 14.0. The summed E-state index contributed by atoms with van der Waals surface area (Å²) in [6.07, 6.45) is 1.07. The van der Waals surface area contributed by atoms with Gasteiger partial charge in [0, 0.05) is 6.54 Å². The van der Waals surface area contributed by atoms with Gasteiger partial charge in [-0.25, -0.2) is 9.89 Å². The van der Waals surface area contributed by atoms with E-state index < -0.39 is 6.09 Å². The number of H-pyrrole nitrogens is 1. The molecule has 104 valence electrons. The lowest BCUT2D eigenvalue weighted by Crippen LogP contribution is -2.17. The Labute approximate surface area is 121 Å². The predicted octanol–water partition coefficient (Wildman–Crippen LogP) is 2.88. The minimum Gasteiger partial charge on any atom is -0.444 e. The predicted molar refractivity (Wildman–Crippen MR) is 77.9 cm³/mol. The molecule has 0 saturated heterocycles. The van der Waals surface area contributed by atoms with Gasteiger partial charge in [0.1, 0.15) is 6.61 Å². The molecule has 0 fully saturated rings. The van der Waals surface area contributed by atoms with Crippen molar-refractivity contribution in [2.24, 2.45) is 0 Å². The van der Waals surface area contributed by atoms with Gasteiger partial charge < -0.3 is 4.74 Å². The standard InChI is InChI=1S/C13H14N4O2S/c1-2-8-17-11(15-16-12(17)20)14-13(18)19-9-10-6-4-3-5-7-10/h2-7H,1,8-9H2,(H,16,20)(H,14,15,18). The topological polar surface area (TPSA) is 71.9 Å². The number of amides is 1. The molecule has 0 radical (unpaired) electrons. The van der Waals surface area contributed by atoms with Crippen LogP contribution in [0.3, 0.4) is 0 Å². The largest absolute Gasteiger partial charge is 0.444 e. The molecule has 2 rings (SSSR count). The van der Waals surface area contributed by atoms with Crippen LogP contribution >= 0.6 is 12.2 Å². The molecule has 6 nitrogen and oxygen atoms in total. The monoisotopic (exact) mass is 290 g/mol. The number of nitrogens with zero attached hydrogens (tertiary/aromatic N) is 2. The number of benzene rings is 1. The van der Waals surface area contributed by atoms with E-state index in [9.17, 15) is 4.79 Å². The number of rotatable bonds is 5. The Balaban J connectivity index is 1.95. The first-order valence-corrected chi connectivity index (χ1v) is 6.35. The quantitative estimate of drug-likeness (QED) is 0.656. The molecule has 0 saturated carbocycles. The molecule has 0 atom stereocenters. The molecule has 0 aliphatic rings. The third-order valence-corrected chi connectivity index (χ3v) is 2.81. The van der Waals surface area contributed by atoms with Crippen LogP contribution in [0, 0.1) is 4.77 Å². The molecule has 0 aliphatic carbocycles. The molecule has 1 amide bonds. The van der Waals surface area contributed by atoms with Crippen molar-refractivity contribution in [3.63, 3.8) is 0 Å². The number of ether oxygens (including phenoxy) is 1. The lowest BCUT2D eigenvalue weighted by Gasteiger charge is -2.07. The van der Waals surface area contributed by atoms with Crippen LogP contribution in [0.1, 0.15) is 5.56 Å². The average Bonchev–Trinajstić information content (AvgIpc) is 2.80. The van der Waals surface area contributed by atoms with Gasteiger partial charge in [-0.05, 0) is 17.8 Å². The number of aromatic nitrogens is 3. The lowest BCUT2D eigenvalue weighted by molar-refractivity contribution is 0.155. The molecular weight excluding hydrogens is 276 g/mol. The number of anilines is 1. The zero-order valence-electron chi connectivity index (χ0n) is 10.7. The molecule has 0 spiro atoms. The highest BCUT2D eigenvalue weighted by atomic mass is 32.1. The fourth-order valence-corrected chi connectivity index (χ4v) is 1.77. The third-order valence-electron chi connectivity index (χ3n) is 2.50. The van der Waals surface area contributed by atoms with Crippen LogP contribution in [0.15, 0.2) is 43.0 Å². The van der Waals surface area contributed by atoms with Gasteiger partial charge >= 0.3 is 6.09 Å². The summed E-state index contributed by atoms with van der Waals surface area (Å²) >= 11 is 5.04. The highest BCUT2D eigenvalue weighted by molar-refractivity contribution is 7.71. The first-order valence-electron chi connectivity index (χ1n) is 5.94. The SMILES string of the molecule is C=CCn1c(NC(=O)OCc2ccccc2)n[nH]c1=S. The molecule has 1 aromatic carbocycles. The van der Waals surface area contributed by atoms with E-state index in [1.165, 1.54) is 0 Å². The van der Waals surface area contributed by atoms with Gasteiger partial charge in [-0.3, -0.25) is 9.88 Å². The summed E-state index contributed by atoms with van der Waals surface area (Å²) in [5.41, 5.74) is 0.910. The minimum atomic E-state index is -0.590. The Kier molecular flexibility index (Phi) is 4.67. The summed E-state index contributed by atoms with van der Waals surface area (Å²) in [5.74, 6) is 0.299. The molecule has 2 aromatic rings. The van der Waals surface area contributed by atoms with E-state index in [4.69, 9.17) is 17.0 Å². The van der Waals surface area contributed by atoms with Crippen LogP contribution in [-0.4, -0.2) is 20.9 Å². The van der Waals surface area contributed by atoms with Crippen molar-refractivity contribution in [3.8, 4) is 0 Å². The van der Waals surface area contributed by atoms with Crippen LogP contribution in [0.5, 0.6) is 0 Å². The van der Waals surface area contributed by atoms with Crippen molar-refractivity contribution in [3.05, 3.63) is 53.3 Å². The molecule has 1 aromatic heterocycles. The summed E-state index contributed by atoms with van der Waals surface area (Å²) in [7, 11) is 0. The van der Waals surface area contributed by atoms with Crippen molar-refractivity contribution in [2.75, 3.05) is 5.32 Å². The Morgan fingerprint density at radius 2 is 2.25 bits per heavy atom. The van der Waals surface area contributed by atoms with Gasteiger partial charge in [0.25, 0.3) is 0 Å². The van der Waals surface area contributed by atoms with Crippen molar-refractivity contribution in [1.29, 1.82) is 0 Å². The van der Waals surface area contributed by atoms with Crippen molar-refractivity contribution in [1.82, 2.24) is 14.8 Å². The number of aromatic amines is 1. The van der Waals surface area contributed by atoms with Crippen LogP contribution in [0.2, 0.25) is 0 Å². The molecule has 7 heteroatoms. The van der Waals surface area contributed by atoms with E-state index in [2.05, 4.69) is 22.1 Å². The number of carbonyl (C=O) groups excluding carboxylic acids is 1.